The van der Waals surface area contributed by atoms with Crippen LogP contribution in [0.3, 0.4) is 0 Å². The predicted molar refractivity (Wildman–Crippen MR) is 153 cm³/mol. The van der Waals surface area contributed by atoms with Gasteiger partial charge in [-0.1, -0.05) is 49.5 Å². The number of nitrogens with one attached hydrogen (secondary N) is 1. The number of allylic oxidation sites excluding steroid dienone is 11. The van der Waals surface area contributed by atoms with Gasteiger partial charge in [0.05, 0.1) is 6.54 Å². The van der Waals surface area contributed by atoms with Gasteiger partial charge in [-0.15, -0.1) is 0 Å². The minimum Gasteiger partial charge on any atom is -0.473 e. The van der Waals surface area contributed by atoms with Gasteiger partial charge >= 0.3 is 0 Å². The van der Waals surface area contributed by atoms with E-state index in [2.05, 4.69) is 80.7 Å². The molecular weight excluding hydrogens is 462 g/mol. The van der Waals surface area contributed by atoms with Crippen molar-refractivity contribution in [3.63, 3.8) is 0 Å². The normalized spacial score (nSPS) is 28.2. The third-order valence-electron chi connectivity index (χ3n) is 7.52. The second-order valence-corrected chi connectivity index (χ2v) is 10.2. The lowest BCUT2D eigenvalue weighted by molar-refractivity contribution is 0.0218. The standard InChI is InChI=1S/C30H41N5O2/c1-23-20-26(24-10-6-4-7-11-24)14-15-27(23)35(18-16-32-21-31-3)19-17-33-29(36)30(2)28(37-22-34-30)25-12-8-5-9-13-25/h5-6,8,10-12,14-16,21-23,28-29,33,36H,4,7,9,13,17-20H2,1-3H3. The van der Waals surface area contributed by atoms with E-state index in [0.717, 1.165) is 38.6 Å². The van der Waals surface area contributed by atoms with E-state index in [-0.39, 0.29) is 6.10 Å². The Kier molecular flexibility index (Phi) is 9.47. The lowest BCUT2D eigenvalue weighted by Gasteiger charge is -2.36. The Morgan fingerprint density at radius 2 is 2.16 bits per heavy atom. The molecule has 4 atom stereocenters. The second kappa shape index (κ2) is 13.0. The van der Waals surface area contributed by atoms with Crippen molar-refractivity contribution in [3.05, 3.63) is 71.0 Å². The molecule has 1 heterocycles. The Morgan fingerprint density at radius 3 is 2.89 bits per heavy atom. The van der Waals surface area contributed by atoms with E-state index in [9.17, 15) is 5.11 Å². The van der Waals surface area contributed by atoms with Gasteiger partial charge in [0.25, 0.3) is 0 Å². The Bertz CT molecular complexity index is 1080. The van der Waals surface area contributed by atoms with Crippen molar-refractivity contribution in [1.82, 2.24) is 10.2 Å². The van der Waals surface area contributed by atoms with Crippen molar-refractivity contribution in [1.29, 1.82) is 0 Å². The van der Waals surface area contributed by atoms with Crippen LogP contribution in [0.5, 0.6) is 0 Å². The molecule has 7 heteroatoms. The second-order valence-electron chi connectivity index (χ2n) is 10.2. The van der Waals surface area contributed by atoms with E-state index in [1.807, 2.05) is 13.1 Å². The van der Waals surface area contributed by atoms with Crippen molar-refractivity contribution < 1.29 is 9.84 Å². The summed E-state index contributed by atoms with van der Waals surface area (Å²) in [6, 6.07) is 0. The third kappa shape index (κ3) is 6.65. The van der Waals surface area contributed by atoms with Crippen LogP contribution in [0.2, 0.25) is 0 Å². The fourth-order valence-corrected chi connectivity index (χ4v) is 5.39. The SMILES string of the molecule is CN=CN=CCN(CCNC(O)C1(C)N=COC1C1=CC=CCC1)C1=CC=C(C2=CCCC=C2)CC1C. The van der Waals surface area contributed by atoms with Gasteiger partial charge in [-0.05, 0) is 61.8 Å². The molecule has 0 aromatic rings. The largest absolute Gasteiger partial charge is 0.473 e. The maximum atomic E-state index is 11.2. The summed E-state index contributed by atoms with van der Waals surface area (Å²) >= 11 is 0. The summed E-state index contributed by atoms with van der Waals surface area (Å²) in [5, 5.41) is 14.5. The van der Waals surface area contributed by atoms with Crippen LogP contribution < -0.4 is 5.32 Å². The first-order valence-corrected chi connectivity index (χ1v) is 13.4. The predicted octanol–water partition coefficient (Wildman–Crippen LogP) is 4.51. The highest BCUT2D eigenvalue weighted by molar-refractivity contribution is 5.73. The molecule has 0 spiro atoms. The van der Waals surface area contributed by atoms with Crippen molar-refractivity contribution in [2.24, 2.45) is 20.9 Å². The lowest BCUT2D eigenvalue weighted by atomic mass is 9.85. The van der Waals surface area contributed by atoms with Crippen LogP contribution in [-0.2, 0) is 4.74 Å². The van der Waals surface area contributed by atoms with Gasteiger partial charge in [-0.3, -0.25) is 10.3 Å². The van der Waals surface area contributed by atoms with Gasteiger partial charge < -0.3 is 14.7 Å². The van der Waals surface area contributed by atoms with Gasteiger partial charge in [0.15, 0.2) is 6.40 Å². The molecule has 4 aliphatic rings. The number of nitrogens with zero attached hydrogens (tertiary/aromatic N) is 4. The van der Waals surface area contributed by atoms with Crippen LogP contribution in [0.1, 0.15) is 46.0 Å². The number of hydrogen-bond donors (Lipinski definition) is 2. The molecular formula is C30H41N5O2. The summed E-state index contributed by atoms with van der Waals surface area (Å²) in [5.41, 5.74) is 4.45. The Hall–Kier alpha value is -3.03. The Balaban J connectivity index is 1.42. The summed E-state index contributed by atoms with van der Waals surface area (Å²) in [4.78, 5) is 15.1. The molecule has 0 fully saturated rings. The molecule has 3 aliphatic carbocycles. The van der Waals surface area contributed by atoms with E-state index >= 15 is 0 Å². The minimum absolute atomic E-state index is 0.260. The average molecular weight is 504 g/mol. The number of aliphatic hydroxyl groups excluding tert-OH is 1. The first kappa shape index (κ1) is 27.0. The van der Waals surface area contributed by atoms with Crippen LogP contribution in [0, 0.1) is 5.92 Å². The van der Waals surface area contributed by atoms with E-state index in [4.69, 9.17) is 4.74 Å². The first-order valence-electron chi connectivity index (χ1n) is 13.4. The van der Waals surface area contributed by atoms with E-state index in [1.54, 1.807) is 13.4 Å². The van der Waals surface area contributed by atoms with Crippen molar-refractivity contribution in [2.45, 2.75) is 63.8 Å². The van der Waals surface area contributed by atoms with Crippen molar-refractivity contribution in [3.8, 4) is 0 Å². The molecule has 198 valence electrons. The molecule has 0 bridgehead atoms. The van der Waals surface area contributed by atoms with Gasteiger partial charge in [0.1, 0.15) is 24.2 Å². The first-order chi connectivity index (χ1) is 18.0. The van der Waals surface area contributed by atoms with E-state index in [1.165, 1.54) is 28.8 Å². The summed E-state index contributed by atoms with van der Waals surface area (Å²) in [6.45, 7) is 6.24. The molecule has 1 aliphatic heterocycles. The van der Waals surface area contributed by atoms with Gasteiger partial charge in [0.2, 0.25) is 0 Å². The Labute approximate surface area is 221 Å². The van der Waals surface area contributed by atoms with Crippen LogP contribution >= 0.6 is 0 Å². The number of aliphatic imine (C=N–C) groups is 3. The fourth-order valence-electron chi connectivity index (χ4n) is 5.39. The molecule has 0 amide bonds. The lowest BCUT2D eigenvalue weighted by Crippen LogP contribution is -2.55. The number of rotatable bonds is 11. The van der Waals surface area contributed by atoms with Crippen molar-refractivity contribution >= 4 is 19.0 Å². The smallest absolute Gasteiger partial charge is 0.171 e. The fraction of sp³-hybridized carbons (Fsp3) is 0.500. The number of ether oxygens (including phenoxy) is 1. The molecule has 7 nitrogen and oxygen atoms in total. The molecule has 4 rings (SSSR count). The topological polar surface area (TPSA) is 81.8 Å². The van der Waals surface area contributed by atoms with Crippen LogP contribution in [0.4, 0.5) is 0 Å². The van der Waals surface area contributed by atoms with Crippen LogP contribution in [-0.4, -0.2) is 73.5 Å². The molecule has 0 aromatic carbocycles. The average Bonchev–Trinajstić information content (AvgIpc) is 3.34. The Morgan fingerprint density at radius 1 is 1.27 bits per heavy atom. The zero-order valence-electron chi connectivity index (χ0n) is 22.4. The van der Waals surface area contributed by atoms with Gasteiger partial charge in [-0.2, -0.15) is 0 Å². The quantitative estimate of drug-likeness (QED) is 0.247. The van der Waals surface area contributed by atoms with Gasteiger partial charge in [0, 0.05) is 38.0 Å². The highest BCUT2D eigenvalue weighted by Gasteiger charge is 2.46. The summed E-state index contributed by atoms with van der Waals surface area (Å²) in [6.07, 6.45) is 26.7. The summed E-state index contributed by atoms with van der Waals surface area (Å²) in [5.74, 6) is 0.385. The third-order valence-corrected chi connectivity index (χ3v) is 7.52. The van der Waals surface area contributed by atoms with Gasteiger partial charge in [-0.25, -0.2) is 9.98 Å². The highest BCUT2D eigenvalue weighted by atomic mass is 16.5. The molecule has 0 aromatic heterocycles. The minimum atomic E-state index is -0.833. The summed E-state index contributed by atoms with van der Waals surface area (Å²) < 4.78 is 5.84. The van der Waals surface area contributed by atoms with Crippen molar-refractivity contribution in [2.75, 3.05) is 26.7 Å². The van der Waals surface area contributed by atoms with E-state index in [0.29, 0.717) is 19.0 Å². The molecule has 37 heavy (non-hydrogen) atoms. The molecule has 0 saturated carbocycles. The van der Waals surface area contributed by atoms with E-state index < -0.39 is 11.8 Å². The number of aliphatic hydroxyl groups is 1. The molecule has 0 radical (unpaired) electrons. The van der Waals surface area contributed by atoms with Crippen LogP contribution in [0.15, 0.2) is 86.0 Å². The van der Waals surface area contributed by atoms with Crippen LogP contribution in [0.25, 0.3) is 0 Å². The monoisotopic (exact) mass is 503 g/mol. The maximum Gasteiger partial charge on any atom is 0.171 e. The summed E-state index contributed by atoms with van der Waals surface area (Å²) in [7, 11) is 1.72. The zero-order chi connectivity index (χ0) is 26.1. The molecule has 2 N–H and O–H groups in total. The highest BCUT2D eigenvalue weighted by Crippen LogP contribution is 2.35. The molecule has 0 saturated heterocycles. The maximum absolute atomic E-state index is 11.2. The number of hydrogen-bond acceptors (Lipinski definition) is 6. The molecule has 4 unspecified atom stereocenters. The zero-order valence-corrected chi connectivity index (χ0v) is 22.4.